The van der Waals surface area contributed by atoms with Crippen molar-refractivity contribution in [1.29, 1.82) is 5.26 Å². The lowest BCUT2D eigenvalue weighted by molar-refractivity contribution is -0.146. The van der Waals surface area contributed by atoms with E-state index in [-0.39, 0.29) is 17.7 Å². The zero-order valence-electron chi connectivity index (χ0n) is 14.5. The summed E-state index contributed by atoms with van der Waals surface area (Å²) in [5, 5.41) is 22.7. The van der Waals surface area contributed by atoms with Crippen molar-refractivity contribution in [1.82, 2.24) is 0 Å². The van der Waals surface area contributed by atoms with Crippen LogP contribution in [0.2, 0.25) is 0 Å². The van der Waals surface area contributed by atoms with Crippen LogP contribution in [0.1, 0.15) is 48.1 Å². The molecule has 0 aromatic carbocycles. The van der Waals surface area contributed by atoms with E-state index in [0.717, 1.165) is 37.7 Å². The van der Waals surface area contributed by atoms with Gasteiger partial charge in [0, 0.05) is 4.88 Å². The van der Waals surface area contributed by atoms with Gasteiger partial charge in [-0.2, -0.15) is 5.26 Å². The Balaban J connectivity index is 1.60. The summed E-state index contributed by atoms with van der Waals surface area (Å²) in [6.45, 7) is 0. The van der Waals surface area contributed by atoms with Crippen LogP contribution < -0.4 is 5.32 Å². The first-order valence-corrected chi connectivity index (χ1v) is 10.2. The molecule has 2 N–H and O–H groups in total. The van der Waals surface area contributed by atoms with Gasteiger partial charge >= 0.3 is 5.97 Å². The first-order chi connectivity index (χ1) is 12.6. The van der Waals surface area contributed by atoms with Crippen LogP contribution in [-0.2, 0) is 22.4 Å². The second-order valence-corrected chi connectivity index (χ2v) is 8.67. The van der Waals surface area contributed by atoms with Gasteiger partial charge in [-0.3, -0.25) is 9.59 Å². The molecular formula is C20H22N2O3S. The van der Waals surface area contributed by atoms with Gasteiger partial charge in [0.15, 0.2) is 0 Å². The normalized spacial score (nSPS) is 29.5. The summed E-state index contributed by atoms with van der Waals surface area (Å²) < 4.78 is 0. The van der Waals surface area contributed by atoms with Crippen molar-refractivity contribution in [3.63, 3.8) is 0 Å². The zero-order valence-corrected chi connectivity index (χ0v) is 15.3. The largest absolute Gasteiger partial charge is 0.481 e. The number of hydrogen-bond acceptors (Lipinski definition) is 4. The molecule has 136 valence electrons. The molecule has 0 aliphatic heterocycles. The van der Waals surface area contributed by atoms with E-state index >= 15 is 0 Å². The number of rotatable bonds is 3. The molecule has 3 aliphatic carbocycles. The highest BCUT2D eigenvalue weighted by molar-refractivity contribution is 7.16. The fourth-order valence-corrected chi connectivity index (χ4v) is 6.08. The van der Waals surface area contributed by atoms with Gasteiger partial charge in [-0.15, -0.1) is 11.3 Å². The summed E-state index contributed by atoms with van der Waals surface area (Å²) in [5.74, 6) is -2.41. The third-order valence-electron chi connectivity index (χ3n) is 6.07. The molecule has 4 atom stereocenters. The number of fused-ring (bicyclic) bond motifs is 3. The Morgan fingerprint density at radius 3 is 2.50 bits per heavy atom. The summed E-state index contributed by atoms with van der Waals surface area (Å²) in [6, 6.07) is 2.28. The number of thiophene rings is 1. The van der Waals surface area contributed by atoms with Crippen molar-refractivity contribution in [3.05, 3.63) is 28.2 Å². The lowest BCUT2D eigenvalue weighted by Crippen LogP contribution is -2.36. The van der Waals surface area contributed by atoms with Crippen LogP contribution in [0.15, 0.2) is 12.2 Å². The topological polar surface area (TPSA) is 90.2 Å². The molecule has 3 aliphatic rings. The Labute approximate surface area is 156 Å². The number of nitrogens with zero attached hydrogens (tertiary/aromatic N) is 1. The van der Waals surface area contributed by atoms with Crippen LogP contribution in [0, 0.1) is 35.0 Å². The summed E-state index contributed by atoms with van der Waals surface area (Å²) >= 11 is 1.51. The molecule has 6 heteroatoms. The number of hydrogen-bond donors (Lipinski definition) is 2. The smallest absolute Gasteiger partial charge is 0.307 e. The van der Waals surface area contributed by atoms with E-state index < -0.39 is 17.8 Å². The van der Waals surface area contributed by atoms with Crippen molar-refractivity contribution >= 4 is 28.2 Å². The van der Waals surface area contributed by atoms with E-state index in [1.54, 1.807) is 0 Å². The fraction of sp³-hybridized carbons (Fsp3) is 0.550. The Hall–Kier alpha value is -2.13. The number of allylic oxidation sites excluding steroid dienone is 2. The highest BCUT2D eigenvalue weighted by Gasteiger charge is 2.51. The molecule has 4 rings (SSSR count). The molecule has 2 bridgehead atoms. The van der Waals surface area contributed by atoms with Gasteiger partial charge in [0.1, 0.15) is 11.1 Å². The van der Waals surface area contributed by atoms with Gasteiger partial charge in [0.25, 0.3) is 0 Å². The second kappa shape index (κ2) is 6.88. The summed E-state index contributed by atoms with van der Waals surface area (Å²) in [6.07, 6.45) is 11.1. The molecule has 26 heavy (non-hydrogen) atoms. The molecule has 1 heterocycles. The van der Waals surface area contributed by atoms with E-state index in [1.807, 2.05) is 12.2 Å². The maximum atomic E-state index is 12.9. The molecule has 1 fully saturated rings. The van der Waals surface area contributed by atoms with Crippen molar-refractivity contribution in [3.8, 4) is 6.07 Å². The van der Waals surface area contributed by atoms with Crippen LogP contribution in [0.3, 0.4) is 0 Å². The van der Waals surface area contributed by atoms with Gasteiger partial charge in [-0.05, 0) is 49.5 Å². The molecule has 1 amide bonds. The Morgan fingerprint density at radius 1 is 1.12 bits per heavy atom. The Kier molecular flexibility index (Phi) is 4.58. The molecule has 0 spiro atoms. The van der Waals surface area contributed by atoms with Gasteiger partial charge in [-0.1, -0.05) is 25.0 Å². The van der Waals surface area contributed by atoms with E-state index in [4.69, 9.17) is 0 Å². The van der Waals surface area contributed by atoms with Gasteiger partial charge in [0.05, 0.1) is 17.4 Å². The first kappa shape index (κ1) is 17.3. The van der Waals surface area contributed by atoms with E-state index in [9.17, 15) is 20.0 Å². The van der Waals surface area contributed by atoms with E-state index in [2.05, 4.69) is 11.4 Å². The minimum atomic E-state index is -0.902. The lowest BCUT2D eigenvalue weighted by atomic mass is 9.82. The van der Waals surface area contributed by atoms with Crippen LogP contribution in [0.25, 0.3) is 0 Å². The number of carboxylic acid groups (broad SMARTS) is 1. The maximum absolute atomic E-state index is 12.9. The fourth-order valence-electron chi connectivity index (χ4n) is 4.84. The maximum Gasteiger partial charge on any atom is 0.307 e. The SMILES string of the molecule is N#Cc1c(NC(=O)C2C3C=CC(C3)C2C(=O)O)sc2c1CCCCCC2. The summed E-state index contributed by atoms with van der Waals surface area (Å²) in [4.78, 5) is 25.8. The van der Waals surface area contributed by atoms with Crippen LogP contribution in [0.4, 0.5) is 5.00 Å². The molecular weight excluding hydrogens is 348 g/mol. The number of carbonyl (C=O) groups excluding carboxylic acids is 1. The van der Waals surface area contributed by atoms with Crippen molar-refractivity contribution in [2.24, 2.45) is 23.7 Å². The standard InChI is InChI=1S/C20H22N2O3S/c21-10-14-13-5-3-1-2-4-6-15(13)26-19(14)22-18(23)16-11-7-8-12(9-11)17(16)20(24)25/h7-8,11-12,16-17H,1-6,9H2,(H,22,23)(H,24,25). The molecule has 4 unspecified atom stereocenters. The average Bonchev–Trinajstić information content (AvgIpc) is 3.27. The third kappa shape index (κ3) is 2.84. The molecule has 1 aromatic rings. The van der Waals surface area contributed by atoms with Gasteiger partial charge in [-0.25, -0.2) is 0 Å². The van der Waals surface area contributed by atoms with Gasteiger partial charge < -0.3 is 10.4 Å². The molecule has 5 nitrogen and oxygen atoms in total. The third-order valence-corrected chi connectivity index (χ3v) is 7.27. The number of nitrogens with one attached hydrogen (secondary N) is 1. The lowest BCUT2D eigenvalue weighted by Gasteiger charge is -2.23. The molecule has 1 aromatic heterocycles. The molecule has 1 saturated carbocycles. The van der Waals surface area contributed by atoms with Crippen LogP contribution in [0.5, 0.6) is 0 Å². The van der Waals surface area contributed by atoms with Crippen LogP contribution >= 0.6 is 11.3 Å². The predicted octanol–water partition coefficient (Wildman–Crippen LogP) is 3.74. The number of carbonyl (C=O) groups is 2. The number of nitriles is 1. The van der Waals surface area contributed by atoms with Gasteiger partial charge in [0.2, 0.25) is 5.91 Å². The number of aliphatic carboxylic acids is 1. The molecule has 0 saturated heterocycles. The first-order valence-electron chi connectivity index (χ1n) is 9.36. The van der Waals surface area contributed by atoms with E-state index in [0.29, 0.717) is 10.6 Å². The van der Waals surface area contributed by atoms with Crippen LogP contribution in [-0.4, -0.2) is 17.0 Å². The average molecular weight is 370 g/mol. The number of aryl methyl sites for hydroxylation is 1. The van der Waals surface area contributed by atoms with E-state index in [1.165, 1.54) is 29.1 Å². The number of carboxylic acids is 1. The minimum absolute atomic E-state index is 0.00683. The minimum Gasteiger partial charge on any atom is -0.481 e. The quantitative estimate of drug-likeness (QED) is 0.793. The highest BCUT2D eigenvalue weighted by atomic mass is 32.1. The summed E-state index contributed by atoms with van der Waals surface area (Å²) in [7, 11) is 0. The Morgan fingerprint density at radius 2 is 1.81 bits per heavy atom. The van der Waals surface area contributed by atoms with Crippen molar-refractivity contribution in [2.75, 3.05) is 5.32 Å². The molecule has 0 radical (unpaired) electrons. The Bertz CT molecular complexity index is 820. The van der Waals surface area contributed by atoms with Crippen molar-refractivity contribution < 1.29 is 14.7 Å². The highest BCUT2D eigenvalue weighted by Crippen LogP contribution is 2.49. The number of amides is 1. The summed E-state index contributed by atoms with van der Waals surface area (Å²) in [5.41, 5.74) is 1.68. The predicted molar refractivity (Wildman–Crippen MR) is 98.9 cm³/mol. The van der Waals surface area contributed by atoms with Crippen molar-refractivity contribution in [2.45, 2.75) is 44.9 Å². The monoisotopic (exact) mass is 370 g/mol. The number of anilines is 1. The second-order valence-electron chi connectivity index (χ2n) is 7.56. The zero-order chi connectivity index (χ0) is 18.3.